The molecular formula is C17H24N2O4S. The Labute approximate surface area is 143 Å². The third kappa shape index (κ3) is 2.70. The fourth-order valence-electron chi connectivity index (χ4n) is 3.97. The van der Waals surface area contributed by atoms with Gasteiger partial charge < -0.3 is 20.9 Å². The first-order chi connectivity index (χ1) is 11.5. The van der Waals surface area contributed by atoms with Crippen molar-refractivity contribution in [2.75, 3.05) is 12.4 Å². The Morgan fingerprint density at radius 2 is 1.96 bits per heavy atom. The summed E-state index contributed by atoms with van der Waals surface area (Å²) in [6, 6.07) is 9.41. The number of hydrogen-bond donors (Lipinski definition) is 3. The van der Waals surface area contributed by atoms with Crippen molar-refractivity contribution >= 4 is 21.3 Å². The smallest absolute Gasteiger partial charge is 0.353 e. The molecule has 1 spiro atoms. The predicted molar refractivity (Wildman–Crippen MR) is 93.9 cm³/mol. The summed E-state index contributed by atoms with van der Waals surface area (Å²) in [5.41, 5.74) is 6.96. The summed E-state index contributed by atoms with van der Waals surface area (Å²) in [7, 11) is -2.32. The van der Waals surface area contributed by atoms with Gasteiger partial charge in [0.2, 0.25) is 0 Å². The monoisotopic (exact) mass is 352 g/mol. The fourth-order valence-corrected chi connectivity index (χ4v) is 8.09. The van der Waals surface area contributed by atoms with E-state index in [1.54, 1.807) is 0 Å². The Morgan fingerprint density at radius 3 is 2.58 bits per heavy atom. The molecule has 2 aliphatic rings. The molecular weight excluding hydrogens is 328 g/mol. The minimum Gasteiger partial charge on any atom is -0.479 e. The van der Waals surface area contributed by atoms with Gasteiger partial charge in [-0.3, -0.25) is 0 Å². The average molecular weight is 352 g/mol. The second kappa shape index (κ2) is 6.74. The van der Waals surface area contributed by atoms with Crippen molar-refractivity contribution in [1.82, 2.24) is 5.32 Å². The highest BCUT2D eigenvalue weighted by Gasteiger charge is 2.61. The van der Waals surface area contributed by atoms with E-state index in [9.17, 15) is 14.7 Å². The van der Waals surface area contributed by atoms with Gasteiger partial charge in [0.25, 0.3) is 0 Å². The van der Waals surface area contributed by atoms with E-state index in [0.717, 1.165) is 31.2 Å². The number of ether oxygens (including phenoxy) is 1. The second-order valence-electron chi connectivity index (χ2n) is 6.54. The quantitative estimate of drug-likeness (QED) is 0.719. The van der Waals surface area contributed by atoms with Crippen molar-refractivity contribution in [2.24, 2.45) is 5.73 Å². The van der Waals surface area contributed by atoms with Crippen LogP contribution in [0.5, 0.6) is 0 Å². The highest BCUT2D eigenvalue weighted by atomic mass is 32.3. The van der Waals surface area contributed by atoms with Gasteiger partial charge in [-0.1, -0.05) is 53.2 Å². The first-order valence-electron chi connectivity index (χ1n) is 8.21. The van der Waals surface area contributed by atoms with Crippen molar-refractivity contribution in [2.45, 2.75) is 42.4 Å². The number of hydrogen-bond acceptors (Lipinski definition) is 5. The lowest BCUT2D eigenvalue weighted by atomic mass is 10.1. The molecule has 1 aliphatic heterocycles. The van der Waals surface area contributed by atoms with E-state index >= 15 is 0 Å². The van der Waals surface area contributed by atoms with Crippen LogP contribution in [0.2, 0.25) is 0 Å². The maximum Gasteiger partial charge on any atom is 0.353 e. The molecule has 3 rings (SSSR count). The normalized spacial score (nSPS) is 29.0. The number of nitrogens with two attached hydrogens (primary N) is 1. The SMILES string of the molecule is NC(C(=O)O)S1(C(=O)OCc2ccccc2)CNCC12CCCC2. The number of carboxylic acids is 1. The fraction of sp³-hybridized carbons (Fsp3) is 0.529. The van der Waals surface area contributed by atoms with Crippen LogP contribution in [0.25, 0.3) is 0 Å². The van der Waals surface area contributed by atoms with Crippen LogP contribution in [-0.2, 0) is 16.1 Å². The lowest BCUT2D eigenvalue weighted by molar-refractivity contribution is -0.136. The van der Waals surface area contributed by atoms with E-state index in [-0.39, 0.29) is 11.4 Å². The number of carbonyl (C=O) groups excluding carboxylic acids is 1. The molecule has 6 nitrogen and oxygen atoms in total. The Balaban J connectivity index is 1.87. The molecule has 7 heteroatoms. The van der Waals surface area contributed by atoms with Crippen LogP contribution in [0.1, 0.15) is 31.2 Å². The highest BCUT2D eigenvalue weighted by molar-refractivity contribution is 8.46. The van der Waals surface area contributed by atoms with Gasteiger partial charge in [-0.2, -0.15) is 0 Å². The van der Waals surface area contributed by atoms with E-state index < -0.39 is 26.7 Å². The third-order valence-electron chi connectivity index (χ3n) is 5.24. The molecule has 1 saturated heterocycles. The van der Waals surface area contributed by atoms with Gasteiger partial charge in [-0.05, 0) is 18.4 Å². The molecule has 1 aromatic carbocycles. The maximum absolute atomic E-state index is 13.1. The Morgan fingerprint density at radius 1 is 1.29 bits per heavy atom. The van der Waals surface area contributed by atoms with Crippen molar-refractivity contribution in [3.8, 4) is 0 Å². The zero-order chi connectivity index (χ0) is 17.2. The molecule has 24 heavy (non-hydrogen) atoms. The third-order valence-corrected chi connectivity index (χ3v) is 9.78. The molecule has 0 aromatic heterocycles. The summed E-state index contributed by atoms with van der Waals surface area (Å²) in [6.45, 7) is 0.806. The summed E-state index contributed by atoms with van der Waals surface area (Å²) in [4.78, 5) is 24.7. The molecule has 0 amide bonds. The summed E-state index contributed by atoms with van der Waals surface area (Å²) in [6.07, 6.45) is 3.71. The molecule has 1 saturated carbocycles. The number of benzene rings is 1. The zero-order valence-corrected chi connectivity index (χ0v) is 14.4. The van der Waals surface area contributed by atoms with Crippen molar-refractivity contribution in [3.05, 3.63) is 35.9 Å². The molecule has 2 fully saturated rings. The van der Waals surface area contributed by atoms with Gasteiger partial charge in [-0.15, -0.1) is 0 Å². The molecule has 0 radical (unpaired) electrons. The molecule has 1 aliphatic carbocycles. The topological polar surface area (TPSA) is 102 Å². The van der Waals surface area contributed by atoms with E-state index in [1.807, 2.05) is 30.3 Å². The minimum atomic E-state index is -2.32. The van der Waals surface area contributed by atoms with E-state index in [4.69, 9.17) is 10.5 Å². The van der Waals surface area contributed by atoms with E-state index in [1.165, 1.54) is 0 Å². The van der Waals surface area contributed by atoms with Gasteiger partial charge >= 0.3 is 11.3 Å². The summed E-state index contributed by atoms with van der Waals surface area (Å²) >= 11 is 0. The maximum atomic E-state index is 13.1. The lowest BCUT2D eigenvalue weighted by Gasteiger charge is -2.47. The Bertz CT molecular complexity index is 613. The molecule has 1 heterocycles. The van der Waals surface area contributed by atoms with Gasteiger partial charge in [0.15, 0.2) is 0 Å². The number of carboxylic acid groups (broad SMARTS) is 1. The van der Waals surface area contributed by atoms with Crippen LogP contribution in [0.15, 0.2) is 30.3 Å². The molecule has 2 atom stereocenters. The van der Waals surface area contributed by atoms with Crippen LogP contribution in [0, 0.1) is 0 Å². The molecule has 0 bridgehead atoms. The molecule has 1 aromatic rings. The molecule has 132 valence electrons. The number of carbonyl (C=O) groups is 2. The highest BCUT2D eigenvalue weighted by Crippen LogP contribution is 2.69. The summed E-state index contributed by atoms with van der Waals surface area (Å²) < 4.78 is 5.25. The van der Waals surface area contributed by atoms with Crippen LogP contribution in [-0.4, -0.2) is 38.9 Å². The van der Waals surface area contributed by atoms with Crippen LogP contribution in [0.3, 0.4) is 0 Å². The van der Waals surface area contributed by atoms with Gasteiger partial charge in [0, 0.05) is 17.2 Å². The van der Waals surface area contributed by atoms with Gasteiger partial charge in [0.05, 0.1) is 0 Å². The number of rotatable bonds is 4. The van der Waals surface area contributed by atoms with Crippen LogP contribution < -0.4 is 11.1 Å². The second-order valence-corrected chi connectivity index (χ2v) is 10.1. The van der Waals surface area contributed by atoms with Gasteiger partial charge in [0.1, 0.15) is 12.0 Å². The number of nitrogens with one attached hydrogen (secondary N) is 1. The summed E-state index contributed by atoms with van der Waals surface area (Å²) in [5.74, 6) is -0.773. The summed E-state index contributed by atoms with van der Waals surface area (Å²) in [5, 5.41) is 11.2. The van der Waals surface area contributed by atoms with Crippen molar-refractivity contribution in [3.63, 3.8) is 0 Å². The predicted octanol–water partition coefficient (Wildman–Crippen LogP) is 2.37. The molecule has 4 N–H and O–H groups in total. The lowest BCUT2D eigenvalue weighted by Crippen LogP contribution is -2.49. The van der Waals surface area contributed by atoms with Gasteiger partial charge in [-0.25, -0.2) is 9.59 Å². The van der Waals surface area contributed by atoms with Crippen LogP contribution >= 0.6 is 10.0 Å². The minimum absolute atomic E-state index is 0.150. The first-order valence-corrected chi connectivity index (χ1v) is 10.1. The Kier molecular flexibility index (Phi) is 4.85. The number of aliphatic carboxylic acids is 1. The first kappa shape index (κ1) is 17.3. The largest absolute Gasteiger partial charge is 0.479 e. The zero-order valence-electron chi connectivity index (χ0n) is 13.6. The Hall–Kier alpha value is -1.57. The van der Waals surface area contributed by atoms with Crippen molar-refractivity contribution in [1.29, 1.82) is 0 Å². The van der Waals surface area contributed by atoms with E-state index in [2.05, 4.69) is 5.32 Å². The van der Waals surface area contributed by atoms with E-state index in [0.29, 0.717) is 12.4 Å². The van der Waals surface area contributed by atoms with Crippen LogP contribution in [0.4, 0.5) is 4.79 Å². The van der Waals surface area contributed by atoms with Crippen molar-refractivity contribution < 1.29 is 19.4 Å². The molecule has 2 unspecified atom stereocenters. The standard InChI is InChI=1S/C17H24N2O4S/c18-14(15(20)21)24(12-19-11-17(24)8-4-5-9-17)16(22)23-10-13-6-2-1-3-7-13/h1-3,6-7,14,19H,4-5,8-12,18H2,(H,20,21). The average Bonchev–Trinajstić information content (AvgIpc) is 3.21.